The van der Waals surface area contributed by atoms with Crippen LogP contribution in [0.15, 0.2) is 48.5 Å². The van der Waals surface area contributed by atoms with Crippen molar-refractivity contribution in [3.05, 3.63) is 59.7 Å². The second kappa shape index (κ2) is 8.87. The molecule has 2 aromatic rings. The third-order valence-electron chi connectivity index (χ3n) is 3.91. The molecule has 0 aliphatic carbocycles. The standard InChI is InChI=1S/C20H23NO4/c1-3-16-6-4-5-7-18(16)25-13-19(22)21-17-10-8-15(9-11-17)12-14(2)20(23)24/h4-11,14H,3,12-13H2,1-2H3,(H,21,22)(H,23,24). The van der Waals surface area contributed by atoms with Gasteiger partial charge in [-0.05, 0) is 42.2 Å². The van der Waals surface area contributed by atoms with Crippen molar-refractivity contribution in [1.82, 2.24) is 0 Å². The van der Waals surface area contributed by atoms with Gasteiger partial charge < -0.3 is 15.2 Å². The van der Waals surface area contributed by atoms with Crippen molar-refractivity contribution in [2.75, 3.05) is 11.9 Å². The second-order valence-corrected chi connectivity index (χ2v) is 5.94. The van der Waals surface area contributed by atoms with E-state index in [1.54, 1.807) is 19.1 Å². The number of benzene rings is 2. The van der Waals surface area contributed by atoms with Crippen molar-refractivity contribution in [2.24, 2.45) is 5.92 Å². The fourth-order valence-electron chi connectivity index (χ4n) is 2.44. The highest BCUT2D eigenvalue weighted by Gasteiger charge is 2.11. The van der Waals surface area contributed by atoms with Gasteiger partial charge in [-0.1, -0.05) is 44.2 Å². The molecule has 0 radical (unpaired) electrons. The van der Waals surface area contributed by atoms with Crippen LogP contribution in [0.5, 0.6) is 5.75 Å². The zero-order valence-electron chi connectivity index (χ0n) is 14.5. The van der Waals surface area contributed by atoms with Gasteiger partial charge in [-0.2, -0.15) is 0 Å². The van der Waals surface area contributed by atoms with Gasteiger partial charge in [0.2, 0.25) is 0 Å². The van der Waals surface area contributed by atoms with E-state index in [0.29, 0.717) is 12.1 Å². The number of hydrogen-bond donors (Lipinski definition) is 2. The van der Waals surface area contributed by atoms with E-state index in [4.69, 9.17) is 9.84 Å². The summed E-state index contributed by atoms with van der Waals surface area (Å²) in [7, 11) is 0. The van der Waals surface area contributed by atoms with Gasteiger partial charge in [-0.25, -0.2) is 0 Å². The summed E-state index contributed by atoms with van der Waals surface area (Å²) in [6, 6.07) is 14.8. The summed E-state index contributed by atoms with van der Waals surface area (Å²) in [5, 5.41) is 11.7. The summed E-state index contributed by atoms with van der Waals surface area (Å²) in [4.78, 5) is 22.9. The van der Waals surface area contributed by atoms with E-state index in [2.05, 4.69) is 5.32 Å². The molecule has 1 atom stereocenters. The Morgan fingerprint density at radius 1 is 1.12 bits per heavy atom. The number of carbonyl (C=O) groups is 2. The van der Waals surface area contributed by atoms with E-state index in [0.717, 1.165) is 23.3 Å². The maximum absolute atomic E-state index is 12.0. The molecule has 2 rings (SSSR count). The largest absolute Gasteiger partial charge is 0.483 e. The number of aliphatic carboxylic acids is 1. The fourth-order valence-corrected chi connectivity index (χ4v) is 2.44. The summed E-state index contributed by atoms with van der Waals surface area (Å²) in [5.74, 6) is -0.773. The number of hydrogen-bond acceptors (Lipinski definition) is 3. The van der Waals surface area contributed by atoms with Gasteiger partial charge in [-0.3, -0.25) is 9.59 Å². The molecule has 5 nitrogen and oxygen atoms in total. The molecule has 1 amide bonds. The second-order valence-electron chi connectivity index (χ2n) is 5.94. The van der Waals surface area contributed by atoms with E-state index < -0.39 is 11.9 Å². The topological polar surface area (TPSA) is 75.6 Å². The van der Waals surface area contributed by atoms with Crippen molar-refractivity contribution < 1.29 is 19.4 Å². The van der Waals surface area contributed by atoms with Crippen LogP contribution >= 0.6 is 0 Å². The van der Waals surface area contributed by atoms with Crippen LogP contribution in [0.4, 0.5) is 5.69 Å². The van der Waals surface area contributed by atoms with Gasteiger partial charge in [0, 0.05) is 5.69 Å². The van der Waals surface area contributed by atoms with Crippen LogP contribution in [-0.2, 0) is 22.4 Å². The fraction of sp³-hybridized carbons (Fsp3) is 0.300. The number of carbonyl (C=O) groups excluding carboxylic acids is 1. The maximum atomic E-state index is 12.0. The third kappa shape index (κ3) is 5.64. The zero-order valence-corrected chi connectivity index (χ0v) is 14.5. The molecule has 0 bridgehead atoms. The first kappa shape index (κ1) is 18.5. The normalized spacial score (nSPS) is 11.6. The lowest BCUT2D eigenvalue weighted by molar-refractivity contribution is -0.141. The highest BCUT2D eigenvalue weighted by Crippen LogP contribution is 2.18. The number of carboxylic acids is 1. The minimum absolute atomic E-state index is 0.0607. The van der Waals surface area contributed by atoms with E-state index >= 15 is 0 Å². The molecule has 5 heteroatoms. The highest BCUT2D eigenvalue weighted by molar-refractivity contribution is 5.91. The molecular weight excluding hydrogens is 318 g/mol. The number of amides is 1. The molecule has 0 aromatic heterocycles. The van der Waals surface area contributed by atoms with E-state index in [-0.39, 0.29) is 12.5 Å². The lowest BCUT2D eigenvalue weighted by atomic mass is 10.0. The van der Waals surface area contributed by atoms with Crippen LogP contribution in [0.25, 0.3) is 0 Å². The lowest BCUT2D eigenvalue weighted by Gasteiger charge is -2.11. The quantitative estimate of drug-likeness (QED) is 0.770. The number of ether oxygens (including phenoxy) is 1. The van der Waals surface area contributed by atoms with Crippen molar-refractivity contribution >= 4 is 17.6 Å². The Bertz CT molecular complexity index is 725. The predicted molar refractivity (Wildman–Crippen MR) is 96.9 cm³/mol. The minimum atomic E-state index is -0.818. The SMILES string of the molecule is CCc1ccccc1OCC(=O)Nc1ccc(CC(C)C(=O)O)cc1. The molecule has 0 heterocycles. The molecule has 25 heavy (non-hydrogen) atoms. The molecule has 0 saturated heterocycles. The summed E-state index contributed by atoms with van der Waals surface area (Å²) < 4.78 is 5.59. The van der Waals surface area contributed by atoms with Crippen molar-refractivity contribution in [3.63, 3.8) is 0 Å². The van der Waals surface area contributed by atoms with Gasteiger partial charge in [0.05, 0.1) is 5.92 Å². The molecule has 0 fully saturated rings. The maximum Gasteiger partial charge on any atom is 0.306 e. The van der Waals surface area contributed by atoms with Crippen LogP contribution in [0.3, 0.4) is 0 Å². The molecule has 2 aromatic carbocycles. The number of para-hydroxylation sites is 1. The Labute approximate surface area is 147 Å². The molecule has 0 spiro atoms. The molecule has 0 saturated carbocycles. The summed E-state index contributed by atoms with van der Waals surface area (Å²) in [6.45, 7) is 3.65. The third-order valence-corrected chi connectivity index (χ3v) is 3.91. The number of anilines is 1. The molecule has 2 N–H and O–H groups in total. The smallest absolute Gasteiger partial charge is 0.306 e. The minimum Gasteiger partial charge on any atom is -0.483 e. The van der Waals surface area contributed by atoms with Crippen molar-refractivity contribution in [2.45, 2.75) is 26.7 Å². The summed E-state index contributed by atoms with van der Waals surface area (Å²) >= 11 is 0. The number of carboxylic acid groups (broad SMARTS) is 1. The van der Waals surface area contributed by atoms with E-state index in [1.807, 2.05) is 43.3 Å². The Hall–Kier alpha value is -2.82. The van der Waals surface area contributed by atoms with Crippen LogP contribution in [0.2, 0.25) is 0 Å². The Balaban J connectivity index is 1.87. The van der Waals surface area contributed by atoms with Gasteiger partial charge in [0.15, 0.2) is 6.61 Å². The van der Waals surface area contributed by atoms with Gasteiger partial charge >= 0.3 is 5.97 Å². The lowest BCUT2D eigenvalue weighted by Crippen LogP contribution is -2.20. The Morgan fingerprint density at radius 3 is 2.44 bits per heavy atom. The van der Waals surface area contributed by atoms with E-state index in [1.165, 1.54) is 0 Å². The van der Waals surface area contributed by atoms with Crippen LogP contribution in [0.1, 0.15) is 25.0 Å². The highest BCUT2D eigenvalue weighted by atomic mass is 16.5. The first-order valence-electron chi connectivity index (χ1n) is 8.32. The van der Waals surface area contributed by atoms with Crippen LogP contribution in [-0.4, -0.2) is 23.6 Å². The first-order chi connectivity index (χ1) is 12.0. The number of nitrogens with one attached hydrogen (secondary N) is 1. The summed E-state index contributed by atoms with van der Waals surface area (Å²) in [5.41, 5.74) is 2.64. The summed E-state index contributed by atoms with van der Waals surface area (Å²) in [6.07, 6.45) is 1.30. The molecule has 132 valence electrons. The molecule has 1 unspecified atom stereocenters. The Kier molecular flexibility index (Phi) is 6.57. The first-order valence-corrected chi connectivity index (χ1v) is 8.32. The van der Waals surface area contributed by atoms with Crippen LogP contribution in [0, 0.1) is 5.92 Å². The average Bonchev–Trinajstić information content (AvgIpc) is 2.61. The van der Waals surface area contributed by atoms with Gasteiger partial charge in [0.1, 0.15) is 5.75 Å². The van der Waals surface area contributed by atoms with Crippen LogP contribution < -0.4 is 10.1 Å². The predicted octanol–water partition coefficient (Wildman–Crippen LogP) is 3.53. The van der Waals surface area contributed by atoms with Crippen molar-refractivity contribution in [1.29, 1.82) is 0 Å². The molecular formula is C20H23NO4. The zero-order chi connectivity index (χ0) is 18.2. The molecule has 0 aliphatic heterocycles. The molecule has 0 aliphatic rings. The average molecular weight is 341 g/mol. The van der Waals surface area contributed by atoms with Gasteiger partial charge in [0.25, 0.3) is 5.91 Å². The van der Waals surface area contributed by atoms with Gasteiger partial charge in [-0.15, -0.1) is 0 Å². The van der Waals surface area contributed by atoms with Crippen molar-refractivity contribution in [3.8, 4) is 5.75 Å². The monoisotopic (exact) mass is 341 g/mol. The van der Waals surface area contributed by atoms with E-state index in [9.17, 15) is 9.59 Å². The number of aryl methyl sites for hydroxylation is 1. The number of rotatable bonds is 8. The Morgan fingerprint density at radius 2 is 1.80 bits per heavy atom.